The molecule has 1 saturated heterocycles. The molecule has 10 heteroatoms. The third kappa shape index (κ3) is 4.53. The summed E-state index contributed by atoms with van der Waals surface area (Å²) in [6, 6.07) is 9.50. The molecule has 9 nitrogen and oxygen atoms in total. The summed E-state index contributed by atoms with van der Waals surface area (Å²) in [6.45, 7) is 0.502. The molecule has 1 aliphatic heterocycles. The monoisotopic (exact) mass is 401 g/mol. The molecule has 2 amide bonds. The number of pyridine rings is 1. The van der Waals surface area contributed by atoms with Crippen molar-refractivity contribution in [2.45, 2.75) is 0 Å². The molecule has 0 N–H and O–H groups in total. The summed E-state index contributed by atoms with van der Waals surface area (Å²) in [5.74, 6) is 0.353. The molecule has 144 valence electrons. The number of aromatic nitrogens is 1. The highest BCUT2D eigenvalue weighted by atomic mass is 32.2. The molecule has 0 aliphatic carbocycles. The number of methoxy groups -OCH3 is 1. The fourth-order valence-corrected chi connectivity index (χ4v) is 3.19. The lowest BCUT2D eigenvalue weighted by molar-refractivity contribution is -0.385. The SMILES string of the molecule is COCCN1C(=O)S/C(=C/c2ccc(Oc3ccc([N+](=O)[O-])cn3)cc2)C1=O. The number of hydrogen-bond acceptors (Lipinski definition) is 8. The minimum absolute atomic E-state index is 0.123. The number of hydrogen-bond donors (Lipinski definition) is 0. The molecule has 0 saturated carbocycles. The summed E-state index contributed by atoms with van der Waals surface area (Å²) in [5.41, 5.74) is 0.600. The Labute approximate surface area is 164 Å². The van der Waals surface area contributed by atoms with Gasteiger partial charge < -0.3 is 9.47 Å². The number of thioether (sulfide) groups is 1. The van der Waals surface area contributed by atoms with Crippen LogP contribution in [0.15, 0.2) is 47.5 Å². The van der Waals surface area contributed by atoms with Gasteiger partial charge in [-0.05, 0) is 35.5 Å². The first-order valence-electron chi connectivity index (χ1n) is 8.10. The third-order valence-corrected chi connectivity index (χ3v) is 4.63. The Hall–Kier alpha value is -3.24. The maximum atomic E-state index is 12.3. The van der Waals surface area contributed by atoms with Gasteiger partial charge in [0.2, 0.25) is 5.88 Å². The number of nitrogens with zero attached hydrogens (tertiary/aromatic N) is 3. The zero-order chi connectivity index (χ0) is 20.1. The van der Waals surface area contributed by atoms with E-state index in [1.165, 1.54) is 19.2 Å². The molecule has 1 aliphatic rings. The van der Waals surface area contributed by atoms with E-state index in [4.69, 9.17) is 9.47 Å². The van der Waals surface area contributed by atoms with Crippen LogP contribution in [0.3, 0.4) is 0 Å². The number of imide groups is 1. The van der Waals surface area contributed by atoms with Gasteiger partial charge in [-0.25, -0.2) is 4.98 Å². The molecular formula is C18H15N3O6S. The zero-order valence-corrected chi connectivity index (χ0v) is 15.5. The second-order valence-corrected chi connectivity index (χ2v) is 6.60. The molecule has 0 spiro atoms. The van der Waals surface area contributed by atoms with Crippen molar-refractivity contribution in [3.05, 3.63) is 63.2 Å². The summed E-state index contributed by atoms with van der Waals surface area (Å²) in [4.78, 5) is 39.7. The van der Waals surface area contributed by atoms with Gasteiger partial charge in [-0.1, -0.05) is 12.1 Å². The van der Waals surface area contributed by atoms with Gasteiger partial charge in [-0.3, -0.25) is 24.6 Å². The van der Waals surface area contributed by atoms with Gasteiger partial charge in [0, 0.05) is 19.2 Å². The normalized spacial score (nSPS) is 15.3. The number of rotatable bonds is 7. The van der Waals surface area contributed by atoms with Crippen molar-refractivity contribution < 1.29 is 24.0 Å². The topological polar surface area (TPSA) is 112 Å². The van der Waals surface area contributed by atoms with Crippen LogP contribution in [-0.2, 0) is 9.53 Å². The Kier molecular flexibility index (Phi) is 6.02. The molecule has 1 fully saturated rings. The first-order chi connectivity index (χ1) is 13.5. The van der Waals surface area contributed by atoms with Crippen LogP contribution in [0, 0.1) is 10.1 Å². The van der Waals surface area contributed by atoms with Gasteiger partial charge in [0.05, 0.1) is 23.0 Å². The molecule has 2 aromatic rings. The lowest BCUT2D eigenvalue weighted by Crippen LogP contribution is -2.31. The van der Waals surface area contributed by atoms with Gasteiger partial charge in [-0.2, -0.15) is 0 Å². The molecule has 0 atom stereocenters. The van der Waals surface area contributed by atoms with Gasteiger partial charge in [0.1, 0.15) is 11.9 Å². The van der Waals surface area contributed by atoms with Crippen LogP contribution in [0.5, 0.6) is 11.6 Å². The number of carbonyl (C=O) groups excluding carboxylic acids is 2. The maximum Gasteiger partial charge on any atom is 0.293 e. The Morgan fingerprint density at radius 1 is 1.21 bits per heavy atom. The van der Waals surface area contributed by atoms with E-state index in [1.54, 1.807) is 30.3 Å². The molecule has 0 bridgehead atoms. The number of benzene rings is 1. The van der Waals surface area contributed by atoms with Crippen LogP contribution in [-0.4, -0.2) is 46.2 Å². The average Bonchev–Trinajstić information content (AvgIpc) is 2.95. The smallest absolute Gasteiger partial charge is 0.293 e. The minimum atomic E-state index is -0.539. The highest BCUT2D eigenvalue weighted by Crippen LogP contribution is 2.32. The predicted octanol–water partition coefficient (Wildman–Crippen LogP) is 3.46. The Morgan fingerprint density at radius 3 is 2.57 bits per heavy atom. The lowest BCUT2D eigenvalue weighted by Gasteiger charge is -2.10. The van der Waals surface area contributed by atoms with Crippen molar-refractivity contribution in [1.82, 2.24) is 9.88 Å². The molecule has 0 radical (unpaired) electrons. The summed E-state index contributed by atoms with van der Waals surface area (Å²) in [5, 5.41) is 10.3. The molecule has 1 aromatic heterocycles. The number of ether oxygens (including phenoxy) is 2. The predicted molar refractivity (Wildman–Crippen MR) is 102 cm³/mol. The Balaban J connectivity index is 1.67. The molecule has 1 aromatic carbocycles. The summed E-state index contributed by atoms with van der Waals surface area (Å²) in [7, 11) is 1.50. The van der Waals surface area contributed by atoms with Crippen molar-refractivity contribution in [3.63, 3.8) is 0 Å². The van der Waals surface area contributed by atoms with Gasteiger partial charge in [-0.15, -0.1) is 0 Å². The number of carbonyl (C=O) groups is 2. The van der Waals surface area contributed by atoms with Crippen LogP contribution in [0.2, 0.25) is 0 Å². The second kappa shape index (κ2) is 8.63. The van der Waals surface area contributed by atoms with Gasteiger partial charge >= 0.3 is 0 Å². The van der Waals surface area contributed by atoms with E-state index in [0.29, 0.717) is 10.7 Å². The van der Waals surface area contributed by atoms with Crippen molar-refractivity contribution in [2.24, 2.45) is 0 Å². The standard InChI is InChI=1S/C18H15N3O6S/c1-26-9-8-20-17(22)15(28-18(20)23)10-12-2-5-14(6-3-12)27-16-7-4-13(11-19-16)21(24)25/h2-7,10-11H,8-9H2,1H3/b15-10+. The Bertz CT molecular complexity index is 927. The molecule has 2 heterocycles. The van der Waals surface area contributed by atoms with Crippen LogP contribution in [0.4, 0.5) is 10.5 Å². The van der Waals surface area contributed by atoms with Gasteiger partial charge in [0.15, 0.2) is 0 Å². The van der Waals surface area contributed by atoms with Crippen molar-refractivity contribution in [1.29, 1.82) is 0 Å². The highest BCUT2D eigenvalue weighted by Gasteiger charge is 2.34. The van der Waals surface area contributed by atoms with Crippen LogP contribution < -0.4 is 4.74 Å². The van der Waals surface area contributed by atoms with E-state index in [-0.39, 0.29) is 35.9 Å². The van der Waals surface area contributed by atoms with Crippen LogP contribution in [0.1, 0.15) is 5.56 Å². The van der Waals surface area contributed by atoms with E-state index >= 15 is 0 Å². The van der Waals surface area contributed by atoms with Crippen LogP contribution >= 0.6 is 11.8 Å². The quantitative estimate of drug-likeness (QED) is 0.394. The lowest BCUT2D eigenvalue weighted by atomic mass is 10.2. The average molecular weight is 401 g/mol. The molecular weight excluding hydrogens is 386 g/mol. The fourth-order valence-electron chi connectivity index (χ4n) is 2.32. The van der Waals surface area contributed by atoms with E-state index in [9.17, 15) is 19.7 Å². The summed E-state index contributed by atoms with van der Waals surface area (Å²) < 4.78 is 10.4. The fraction of sp³-hybridized carbons (Fsp3) is 0.167. The van der Waals surface area contributed by atoms with Crippen LogP contribution in [0.25, 0.3) is 6.08 Å². The van der Waals surface area contributed by atoms with Gasteiger partial charge in [0.25, 0.3) is 16.8 Å². The van der Waals surface area contributed by atoms with Crippen molar-refractivity contribution in [2.75, 3.05) is 20.3 Å². The molecule has 3 rings (SSSR count). The Morgan fingerprint density at radius 2 is 1.96 bits per heavy atom. The zero-order valence-electron chi connectivity index (χ0n) is 14.7. The number of nitro groups is 1. The third-order valence-electron chi connectivity index (χ3n) is 3.72. The first-order valence-corrected chi connectivity index (χ1v) is 8.92. The number of amides is 2. The maximum absolute atomic E-state index is 12.3. The van der Waals surface area contributed by atoms with E-state index in [1.807, 2.05) is 0 Å². The second-order valence-electron chi connectivity index (χ2n) is 5.61. The molecule has 28 heavy (non-hydrogen) atoms. The minimum Gasteiger partial charge on any atom is -0.439 e. The van der Waals surface area contributed by atoms with E-state index in [2.05, 4.69) is 4.98 Å². The summed E-state index contributed by atoms with van der Waals surface area (Å²) >= 11 is 0.884. The van der Waals surface area contributed by atoms with Crippen molar-refractivity contribution >= 4 is 34.7 Å². The molecule has 0 unspecified atom stereocenters. The first kappa shape index (κ1) is 19.5. The van der Waals surface area contributed by atoms with Crippen molar-refractivity contribution in [3.8, 4) is 11.6 Å². The highest BCUT2D eigenvalue weighted by molar-refractivity contribution is 8.18. The summed E-state index contributed by atoms with van der Waals surface area (Å²) in [6.07, 6.45) is 2.75. The van der Waals surface area contributed by atoms with E-state index < -0.39 is 4.92 Å². The largest absolute Gasteiger partial charge is 0.439 e. The van der Waals surface area contributed by atoms with E-state index in [0.717, 1.165) is 28.4 Å².